The quantitative estimate of drug-likeness (QED) is 0.704. The van der Waals surface area contributed by atoms with Crippen LogP contribution in [-0.4, -0.2) is 43.8 Å². The Morgan fingerprint density at radius 1 is 1.55 bits per heavy atom. The van der Waals surface area contributed by atoms with Crippen LogP contribution in [0.2, 0.25) is 10.0 Å². The molecule has 8 heteroatoms. The van der Waals surface area contributed by atoms with Gasteiger partial charge in [0.25, 0.3) is 0 Å². The van der Waals surface area contributed by atoms with Crippen molar-refractivity contribution >= 4 is 29.1 Å². The first-order chi connectivity index (χ1) is 9.56. The van der Waals surface area contributed by atoms with E-state index in [1.807, 2.05) is 0 Å². The number of amides is 1. The molecule has 0 aliphatic carbocycles. The first kappa shape index (κ1) is 17.0. The molecular formula is C12H17Cl2N3O3. The number of hydrogen-bond donors (Lipinski definition) is 2. The van der Waals surface area contributed by atoms with Crippen molar-refractivity contribution in [3.8, 4) is 5.88 Å². The average Bonchev–Trinajstić information content (AvgIpc) is 2.42. The highest BCUT2D eigenvalue weighted by Gasteiger charge is 2.11. The minimum atomic E-state index is -0.275. The Morgan fingerprint density at radius 2 is 2.30 bits per heavy atom. The fraction of sp³-hybridized carbons (Fsp3) is 0.500. The fourth-order valence-corrected chi connectivity index (χ4v) is 1.82. The van der Waals surface area contributed by atoms with E-state index in [-0.39, 0.29) is 30.9 Å². The van der Waals surface area contributed by atoms with E-state index < -0.39 is 0 Å². The van der Waals surface area contributed by atoms with Crippen molar-refractivity contribution in [3.05, 3.63) is 22.3 Å². The zero-order valence-corrected chi connectivity index (χ0v) is 12.6. The molecule has 1 heterocycles. The average molecular weight is 322 g/mol. The van der Waals surface area contributed by atoms with E-state index in [1.165, 1.54) is 19.4 Å². The molecule has 1 unspecified atom stereocenters. The van der Waals surface area contributed by atoms with Crippen molar-refractivity contribution < 1.29 is 14.3 Å². The number of methoxy groups -OCH3 is 1. The van der Waals surface area contributed by atoms with Crippen LogP contribution >= 0.6 is 23.2 Å². The lowest BCUT2D eigenvalue weighted by atomic mass is 10.2. The SMILES string of the molecule is COC(CN)CC(=O)NCCOc1ncc(Cl)cc1Cl. The van der Waals surface area contributed by atoms with Gasteiger partial charge in [-0.15, -0.1) is 0 Å². The van der Waals surface area contributed by atoms with Crippen LogP contribution < -0.4 is 15.8 Å². The summed E-state index contributed by atoms with van der Waals surface area (Å²) in [6, 6.07) is 1.54. The summed E-state index contributed by atoms with van der Waals surface area (Å²) in [6.07, 6.45) is 1.38. The molecule has 0 saturated heterocycles. The Labute approximate surface area is 127 Å². The third-order valence-corrected chi connectivity index (χ3v) is 2.92. The number of halogens is 2. The van der Waals surface area contributed by atoms with Gasteiger partial charge in [-0.1, -0.05) is 23.2 Å². The van der Waals surface area contributed by atoms with E-state index in [4.69, 9.17) is 38.4 Å². The van der Waals surface area contributed by atoms with Crippen molar-refractivity contribution in [3.63, 3.8) is 0 Å². The molecule has 1 aromatic rings. The lowest BCUT2D eigenvalue weighted by Crippen LogP contribution is -2.34. The van der Waals surface area contributed by atoms with E-state index >= 15 is 0 Å². The number of carbonyl (C=O) groups excluding carboxylic acids is 1. The number of hydrogen-bond acceptors (Lipinski definition) is 5. The normalized spacial score (nSPS) is 12.0. The van der Waals surface area contributed by atoms with Crippen LogP contribution in [0.25, 0.3) is 0 Å². The van der Waals surface area contributed by atoms with Crippen LogP contribution in [0.1, 0.15) is 6.42 Å². The highest BCUT2D eigenvalue weighted by Crippen LogP contribution is 2.24. The zero-order valence-electron chi connectivity index (χ0n) is 11.1. The molecule has 0 aromatic carbocycles. The van der Waals surface area contributed by atoms with Crippen molar-refractivity contribution in [2.24, 2.45) is 5.73 Å². The molecule has 0 spiro atoms. The van der Waals surface area contributed by atoms with Crippen LogP contribution in [-0.2, 0) is 9.53 Å². The van der Waals surface area contributed by atoms with Crippen LogP contribution in [0.15, 0.2) is 12.3 Å². The summed E-state index contributed by atoms with van der Waals surface area (Å²) in [5, 5.41) is 3.45. The van der Waals surface area contributed by atoms with Gasteiger partial charge in [0.05, 0.1) is 24.1 Å². The number of carbonyl (C=O) groups is 1. The smallest absolute Gasteiger partial charge is 0.232 e. The minimum Gasteiger partial charge on any atom is -0.475 e. The van der Waals surface area contributed by atoms with Crippen molar-refractivity contribution in [1.82, 2.24) is 10.3 Å². The highest BCUT2D eigenvalue weighted by molar-refractivity contribution is 6.35. The molecule has 20 heavy (non-hydrogen) atoms. The van der Waals surface area contributed by atoms with E-state index in [2.05, 4.69) is 10.3 Å². The van der Waals surface area contributed by atoms with Crippen molar-refractivity contribution in [1.29, 1.82) is 0 Å². The van der Waals surface area contributed by atoms with Crippen LogP contribution in [0.4, 0.5) is 0 Å². The number of nitrogens with zero attached hydrogens (tertiary/aromatic N) is 1. The Morgan fingerprint density at radius 3 is 2.90 bits per heavy atom. The topological polar surface area (TPSA) is 86.5 Å². The molecule has 1 amide bonds. The Balaban J connectivity index is 2.26. The molecule has 112 valence electrons. The van der Waals surface area contributed by atoms with Gasteiger partial charge in [-0.25, -0.2) is 4.98 Å². The number of ether oxygens (including phenoxy) is 2. The maximum absolute atomic E-state index is 11.5. The van der Waals surface area contributed by atoms with Gasteiger partial charge in [-0.05, 0) is 6.07 Å². The molecule has 0 aliphatic heterocycles. The first-order valence-corrected chi connectivity index (χ1v) is 6.75. The maximum Gasteiger partial charge on any atom is 0.232 e. The van der Waals surface area contributed by atoms with Gasteiger partial charge in [-0.2, -0.15) is 0 Å². The lowest BCUT2D eigenvalue weighted by Gasteiger charge is -2.12. The number of nitrogens with two attached hydrogens (primary N) is 1. The molecule has 0 bridgehead atoms. The number of aromatic nitrogens is 1. The highest BCUT2D eigenvalue weighted by atomic mass is 35.5. The third kappa shape index (κ3) is 5.92. The van der Waals surface area contributed by atoms with Gasteiger partial charge >= 0.3 is 0 Å². The molecule has 6 nitrogen and oxygen atoms in total. The molecule has 0 aliphatic rings. The Bertz CT molecular complexity index is 442. The molecule has 1 rings (SSSR count). The molecule has 1 atom stereocenters. The van der Waals surface area contributed by atoms with E-state index in [0.717, 1.165) is 0 Å². The van der Waals surface area contributed by atoms with Gasteiger partial charge in [0.1, 0.15) is 11.6 Å². The second-order valence-corrected chi connectivity index (χ2v) is 4.78. The summed E-state index contributed by atoms with van der Waals surface area (Å²) in [5.41, 5.74) is 5.43. The van der Waals surface area contributed by atoms with Gasteiger partial charge in [-0.3, -0.25) is 4.79 Å². The van der Waals surface area contributed by atoms with Crippen LogP contribution in [0.3, 0.4) is 0 Å². The van der Waals surface area contributed by atoms with Gasteiger partial charge in [0.15, 0.2) is 0 Å². The maximum atomic E-state index is 11.5. The van der Waals surface area contributed by atoms with Gasteiger partial charge in [0, 0.05) is 19.9 Å². The number of pyridine rings is 1. The minimum absolute atomic E-state index is 0.152. The standard InChI is InChI=1S/C12H17Cl2N3O3/c1-19-9(6-15)5-11(18)16-2-3-20-12-10(14)4-8(13)7-17-12/h4,7,9H,2-3,5-6,15H2,1H3,(H,16,18). The predicted octanol–water partition coefficient (Wildman–Crippen LogP) is 1.25. The fourth-order valence-electron chi connectivity index (χ4n) is 1.39. The van der Waals surface area contributed by atoms with Crippen molar-refractivity contribution in [2.45, 2.75) is 12.5 Å². The Kier molecular flexibility index (Phi) is 7.61. The third-order valence-electron chi connectivity index (χ3n) is 2.45. The largest absolute Gasteiger partial charge is 0.475 e. The van der Waals surface area contributed by atoms with E-state index in [0.29, 0.717) is 23.1 Å². The zero-order chi connectivity index (χ0) is 15.0. The van der Waals surface area contributed by atoms with Crippen LogP contribution in [0.5, 0.6) is 5.88 Å². The monoisotopic (exact) mass is 321 g/mol. The molecule has 0 fully saturated rings. The summed E-state index contributed by atoms with van der Waals surface area (Å²) < 4.78 is 10.3. The molecule has 3 N–H and O–H groups in total. The second-order valence-electron chi connectivity index (χ2n) is 3.94. The van der Waals surface area contributed by atoms with Gasteiger partial charge in [0.2, 0.25) is 11.8 Å². The van der Waals surface area contributed by atoms with Crippen LogP contribution in [0, 0.1) is 0 Å². The predicted molar refractivity (Wildman–Crippen MR) is 77.2 cm³/mol. The van der Waals surface area contributed by atoms with Gasteiger partial charge < -0.3 is 20.5 Å². The molecule has 1 aromatic heterocycles. The second kappa shape index (κ2) is 8.97. The molecule has 0 saturated carbocycles. The van der Waals surface area contributed by atoms with Crippen molar-refractivity contribution in [2.75, 3.05) is 26.8 Å². The number of nitrogens with one attached hydrogen (secondary N) is 1. The summed E-state index contributed by atoms with van der Waals surface area (Å²) in [4.78, 5) is 15.5. The Hall–Kier alpha value is -1.08. The summed E-state index contributed by atoms with van der Waals surface area (Å²) in [6.45, 7) is 0.881. The first-order valence-electron chi connectivity index (χ1n) is 6.00. The summed E-state index contributed by atoms with van der Waals surface area (Å²) >= 11 is 11.6. The lowest BCUT2D eigenvalue weighted by molar-refractivity contribution is -0.123. The van der Waals surface area contributed by atoms with E-state index in [9.17, 15) is 4.79 Å². The number of rotatable bonds is 8. The molecular weight excluding hydrogens is 305 g/mol. The molecule has 0 radical (unpaired) electrons. The van der Waals surface area contributed by atoms with E-state index in [1.54, 1.807) is 0 Å². The summed E-state index contributed by atoms with van der Waals surface area (Å²) in [5.74, 6) is 0.128. The summed E-state index contributed by atoms with van der Waals surface area (Å²) in [7, 11) is 1.52.